The molecule has 0 spiro atoms. The average Bonchev–Trinajstić information content (AvgIpc) is 2.72. The Balaban J connectivity index is 2.22. The lowest BCUT2D eigenvalue weighted by Crippen LogP contribution is -2.07. The zero-order valence-corrected chi connectivity index (χ0v) is 7.51. The van der Waals surface area contributed by atoms with Crippen LogP contribution in [0, 0.1) is 0 Å². The van der Waals surface area contributed by atoms with Crippen molar-refractivity contribution in [1.82, 2.24) is 25.1 Å². The molecule has 0 aliphatic heterocycles. The van der Waals surface area contributed by atoms with Gasteiger partial charge in [0.25, 0.3) is 0 Å². The maximum Gasteiger partial charge on any atom is 0.152 e. The van der Waals surface area contributed by atoms with Gasteiger partial charge in [0.1, 0.15) is 5.69 Å². The lowest BCUT2D eigenvalue weighted by Gasteiger charge is -1.97. The molecule has 0 bridgehead atoms. The van der Waals surface area contributed by atoms with Crippen LogP contribution in [0.3, 0.4) is 0 Å². The highest BCUT2D eigenvalue weighted by atomic mass is 15.2. The summed E-state index contributed by atoms with van der Waals surface area (Å²) in [6, 6.07) is 0. The third-order valence-electron chi connectivity index (χ3n) is 1.75. The van der Waals surface area contributed by atoms with E-state index in [1.54, 1.807) is 18.7 Å². The molecule has 6 heteroatoms. The van der Waals surface area contributed by atoms with Crippen molar-refractivity contribution < 1.29 is 0 Å². The summed E-state index contributed by atoms with van der Waals surface area (Å²) in [5, 5.41) is 7.94. The number of nitrogens with zero attached hydrogens (tertiary/aromatic N) is 4. The van der Waals surface area contributed by atoms with Gasteiger partial charge in [0, 0.05) is 6.42 Å². The second-order valence-corrected chi connectivity index (χ2v) is 2.76. The fraction of sp³-hybridized carbons (Fsp3) is 0.250. The van der Waals surface area contributed by atoms with Gasteiger partial charge in [-0.1, -0.05) is 0 Å². The molecule has 0 saturated carbocycles. The van der Waals surface area contributed by atoms with Crippen molar-refractivity contribution in [3.8, 4) is 11.4 Å². The summed E-state index contributed by atoms with van der Waals surface area (Å²) in [5.74, 6) is 0.663. The molecule has 0 amide bonds. The second-order valence-electron chi connectivity index (χ2n) is 2.76. The molecule has 0 saturated heterocycles. The van der Waals surface area contributed by atoms with Gasteiger partial charge in [0.05, 0.1) is 24.4 Å². The first-order chi connectivity index (χ1) is 6.90. The number of H-pyrrole nitrogens is 1. The minimum atomic E-state index is 0.533. The molecule has 2 aromatic rings. The monoisotopic (exact) mass is 190 g/mol. The van der Waals surface area contributed by atoms with Gasteiger partial charge in [-0.3, -0.25) is 0 Å². The Morgan fingerprint density at radius 3 is 2.79 bits per heavy atom. The number of hydrogen-bond acceptors (Lipinski definition) is 5. The van der Waals surface area contributed by atoms with Crippen molar-refractivity contribution >= 4 is 0 Å². The predicted molar refractivity (Wildman–Crippen MR) is 50.2 cm³/mol. The Bertz CT molecular complexity index is 379. The van der Waals surface area contributed by atoms with Crippen molar-refractivity contribution in [2.24, 2.45) is 5.73 Å². The van der Waals surface area contributed by atoms with Crippen molar-refractivity contribution in [2.45, 2.75) is 6.42 Å². The molecule has 0 aliphatic rings. The molecule has 0 unspecified atom stereocenters. The highest BCUT2D eigenvalue weighted by Crippen LogP contribution is 2.09. The van der Waals surface area contributed by atoms with Crippen LogP contribution in [0.4, 0.5) is 0 Å². The van der Waals surface area contributed by atoms with Crippen LogP contribution in [0.1, 0.15) is 5.82 Å². The minimum Gasteiger partial charge on any atom is -0.343 e. The third kappa shape index (κ3) is 1.74. The second kappa shape index (κ2) is 3.93. The number of aromatic amines is 1. The molecule has 0 radical (unpaired) electrons. The van der Waals surface area contributed by atoms with Crippen LogP contribution in [0.15, 0.2) is 18.7 Å². The molecule has 2 heterocycles. The van der Waals surface area contributed by atoms with Crippen molar-refractivity contribution in [3.05, 3.63) is 24.5 Å². The summed E-state index contributed by atoms with van der Waals surface area (Å²) in [7, 11) is 0. The molecule has 0 fully saturated rings. The molecular weight excluding hydrogens is 180 g/mol. The summed E-state index contributed by atoms with van der Waals surface area (Å²) in [6.07, 6.45) is 5.57. The zero-order chi connectivity index (χ0) is 9.80. The lowest BCUT2D eigenvalue weighted by atomic mass is 10.3. The van der Waals surface area contributed by atoms with Crippen LogP contribution in [-0.4, -0.2) is 31.7 Å². The zero-order valence-electron chi connectivity index (χ0n) is 7.51. The molecule has 0 aliphatic carbocycles. The summed E-state index contributed by atoms with van der Waals surface area (Å²) in [5.41, 5.74) is 6.86. The maximum absolute atomic E-state index is 5.37. The molecule has 2 rings (SSSR count). The Labute approximate surface area is 80.6 Å². The first-order valence-electron chi connectivity index (χ1n) is 4.27. The van der Waals surface area contributed by atoms with Gasteiger partial charge in [-0.25, -0.2) is 9.97 Å². The molecule has 6 nitrogen and oxygen atoms in total. The smallest absolute Gasteiger partial charge is 0.152 e. The van der Waals surface area contributed by atoms with Gasteiger partial charge in [-0.05, 0) is 6.54 Å². The Morgan fingerprint density at radius 2 is 2.21 bits per heavy atom. The topological polar surface area (TPSA) is 93.4 Å². The fourth-order valence-corrected chi connectivity index (χ4v) is 1.06. The first kappa shape index (κ1) is 8.76. The fourth-order valence-electron chi connectivity index (χ4n) is 1.06. The number of nitrogens with one attached hydrogen (secondary N) is 1. The van der Waals surface area contributed by atoms with E-state index in [4.69, 9.17) is 5.73 Å². The van der Waals surface area contributed by atoms with Gasteiger partial charge in [-0.15, -0.1) is 10.2 Å². The van der Waals surface area contributed by atoms with Gasteiger partial charge in [-0.2, -0.15) is 0 Å². The Morgan fingerprint density at radius 1 is 1.29 bits per heavy atom. The average molecular weight is 190 g/mol. The van der Waals surface area contributed by atoms with Gasteiger partial charge in [0.15, 0.2) is 5.82 Å². The van der Waals surface area contributed by atoms with Crippen molar-refractivity contribution in [1.29, 1.82) is 0 Å². The Hall–Kier alpha value is -1.82. The largest absolute Gasteiger partial charge is 0.343 e. The summed E-state index contributed by atoms with van der Waals surface area (Å²) >= 11 is 0. The molecule has 3 N–H and O–H groups in total. The molecule has 14 heavy (non-hydrogen) atoms. The van der Waals surface area contributed by atoms with E-state index >= 15 is 0 Å². The number of nitrogens with two attached hydrogens (primary N) is 1. The van der Waals surface area contributed by atoms with E-state index in [9.17, 15) is 0 Å². The van der Waals surface area contributed by atoms with E-state index in [1.807, 2.05) is 0 Å². The van der Waals surface area contributed by atoms with E-state index in [2.05, 4.69) is 25.1 Å². The van der Waals surface area contributed by atoms with Crippen LogP contribution in [0.5, 0.6) is 0 Å². The number of rotatable bonds is 3. The quantitative estimate of drug-likeness (QED) is 0.696. The molecule has 72 valence electrons. The first-order valence-corrected chi connectivity index (χ1v) is 4.27. The summed E-state index contributed by atoms with van der Waals surface area (Å²) in [6.45, 7) is 0.533. The van der Waals surface area contributed by atoms with Gasteiger partial charge < -0.3 is 10.7 Å². The molecule has 2 aromatic heterocycles. The highest BCUT2D eigenvalue weighted by Gasteiger charge is 2.02. The van der Waals surface area contributed by atoms with Crippen LogP contribution < -0.4 is 5.73 Å². The molecule has 0 atom stereocenters. The third-order valence-corrected chi connectivity index (χ3v) is 1.75. The van der Waals surface area contributed by atoms with Gasteiger partial charge in [0.2, 0.25) is 0 Å². The Kier molecular flexibility index (Phi) is 2.46. The molecular formula is C8H10N6. The van der Waals surface area contributed by atoms with E-state index < -0.39 is 0 Å². The SMILES string of the molecule is NCCc1ncc(-c2cnc[nH]2)nn1. The minimum absolute atomic E-state index is 0.533. The maximum atomic E-state index is 5.37. The molecule has 0 aromatic carbocycles. The van der Waals surface area contributed by atoms with E-state index in [0.29, 0.717) is 24.5 Å². The number of aromatic nitrogens is 5. The normalized spacial score (nSPS) is 10.4. The van der Waals surface area contributed by atoms with Crippen LogP contribution in [0.25, 0.3) is 11.4 Å². The number of imidazole rings is 1. The predicted octanol–water partition coefficient (Wildman–Crippen LogP) is -0.237. The van der Waals surface area contributed by atoms with E-state index in [0.717, 1.165) is 5.69 Å². The van der Waals surface area contributed by atoms with Gasteiger partial charge >= 0.3 is 0 Å². The van der Waals surface area contributed by atoms with E-state index in [1.165, 1.54) is 0 Å². The van der Waals surface area contributed by atoms with E-state index in [-0.39, 0.29) is 0 Å². The van der Waals surface area contributed by atoms with Crippen LogP contribution >= 0.6 is 0 Å². The van der Waals surface area contributed by atoms with Crippen LogP contribution in [0.2, 0.25) is 0 Å². The lowest BCUT2D eigenvalue weighted by molar-refractivity contribution is 0.812. The highest BCUT2D eigenvalue weighted by molar-refractivity contribution is 5.49. The van der Waals surface area contributed by atoms with Crippen LogP contribution in [-0.2, 0) is 6.42 Å². The van der Waals surface area contributed by atoms with Crippen molar-refractivity contribution in [3.63, 3.8) is 0 Å². The number of hydrogen-bond donors (Lipinski definition) is 2. The summed E-state index contributed by atoms with van der Waals surface area (Å²) < 4.78 is 0. The standard InChI is InChI=1S/C8H10N6/c9-2-1-8-11-4-7(13-14-8)6-3-10-5-12-6/h3-5H,1-2,9H2,(H,10,12). The summed E-state index contributed by atoms with van der Waals surface area (Å²) in [4.78, 5) is 10.9. The van der Waals surface area contributed by atoms with Crippen molar-refractivity contribution in [2.75, 3.05) is 6.54 Å².